The molecule has 1 aliphatic rings. The number of nitrogens with zero attached hydrogens (tertiary/aromatic N) is 4. The Morgan fingerprint density at radius 3 is 2.71 bits per heavy atom. The average Bonchev–Trinajstić information content (AvgIpc) is 2.70. The molecule has 2 heterocycles. The lowest BCUT2D eigenvalue weighted by atomic mass is 10.0. The van der Waals surface area contributed by atoms with Crippen molar-refractivity contribution >= 4 is 0 Å². The number of hydrogen-bond donors (Lipinski definition) is 1. The van der Waals surface area contributed by atoms with Gasteiger partial charge in [0, 0.05) is 44.5 Å². The van der Waals surface area contributed by atoms with E-state index in [0.717, 1.165) is 6.07 Å². The summed E-state index contributed by atoms with van der Waals surface area (Å²) in [6.07, 6.45) is -4.16. The molecule has 0 amide bonds. The largest absolute Gasteiger partial charge is 0.449 e. The van der Waals surface area contributed by atoms with Crippen LogP contribution in [-0.4, -0.2) is 52.0 Å². The zero-order chi connectivity index (χ0) is 22.8. The van der Waals surface area contributed by atoms with Gasteiger partial charge in [0.25, 0.3) is 6.41 Å². The van der Waals surface area contributed by atoms with Crippen LogP contribution in [-0.2, 0) is 12.7 Å². The van der Waals surface area contributed by atoms with Crippen LogP contribution >= 0.6 is 0 Å². The van der Waals surface area contributed by atoms with E-state index in [1.54, 1.807) is 17.9 Å². The van der Waals surface area contributed by atoms with Crippen molar-refractivity contribution in [1.82, 2.24) is 14.8 Å². The SMILES string of the molecule is Cc1ncc(C#N)cc1OC(O)N1CCN(Cc2cccc(C(F)(F)F)c2C)C[C@H]1C. The fraction of sp³-hybridized carbons (Fsp3) is 0.455. The molecule has 2 atom stereocenters. The highest BCUT2D eigenvalue weighted by atomic mass is 19.4. The number of piperazine rings is 1. The van der Waals surface area contributed by atoms with Gasteiger partial charge in [-0.05, 0) is 38.0 Å². The summed E-state index contributed by atoms with van der Waals surface area (Å²) in [6, 6.07) is 7.68. The van der Waals surface area contributed by atoms with Gasteiger partial charge in [0.2, 0.25) is 0 Å². The van der Waals surface area contributed by atoms with Gasteiger partial charge in [-0.1, -0.05) is 12.1 Å². The molecular weight excluding hydrogens is 409 g/mol. The van der Waals surface area contributed by atoms with Crippen LogP contribution in [0.5, 0.6) is 5.75 Å². The molecule has 0 radical (unpaired) electrons. The fourth-order valence-corrected chi connectivity index (χ4v) is 3.80. The number of benzene rings is 1. The first-order valence-electron chi connectivity index (χ1n) is 9.95. The molecule has 2 aromatic rings. The highest BCUT2D eigenvalue weighted by molar-refractivity contribution is 5.37. The van der Waals surface area contributed by atoms with Gasteiger partial charge in [-0.25, -0.2) is 4.90 Å². The second-order valence-corrected chi connectivity index (χ2v) is 7.77. The monoisotopic (exact) mass is 434 g/mol. The van der Waals surface area contributed by atoms with E-state index in [4.69, 9.17) is 10.00 Å². The van der Waals surface area contributed by atoms with Gasteiger partial charge in [0.1, 0.15) is 11.8 Å². The van der Waals surface area contributed by atoms with Crippen LogP contribution in [0.1, 0.15) is 34.9 Å². The first kappa shape index (κ1) is 23.0. The van der Waals surface area contributed by atoms with Gasteiger partial charge in [0.05, 0.1) is 16.8 Å². The molecule has 0 bridgehead atoms. The molecule has 1 fully saturated rings. The summed E-state index contributed by atoms with van der Waals surface area (Å²) in [5.41, 5.74) is 1.17. The Labute approximate surface area is 179 Å². The van der Waals surface area contributed by atoms with Crippen molar-refractivity contribution in [2.24, 2.45) is 0 Å². The quantitative estimate of drug-likeness (QED) is 0.727. The summed E-state index contributed by atoms with van der Waals surface area (Å²) in [4.78, 5) is 7.93. The summed E-state index contributed by atoms with van der Waals surface area (Å²) >= 11 is 0. The van der Waals surface area contributed by atoms with E-state index in [1.165, 1.54) is 25.3 Å². The van der Waals surface area contributed by atoms with Crippen LogP contribution < -0.4 is 4.74 Å². The van der Waals surface area contributed by atoms with Gasteiger partial charge in [-0.15, -0.1) is 0 Å². The number of aliphatic hydroxyl groups is 1. The predicted molar refractivity (Wildman–Crippen MR) is 108 cm³/mol. The third-order valence-corrected chi connectivity index (χ3v) is 5.59. The fourth-order valence-electron chi connectivity index (χ4n) is 3.80. The minimum atomic E-state index is -4.37. The molecule has 1 saturated heterocycles. The van der Waals surface area contributed by atoms with Crippen molar-refractivity contribution in [2.45, 2.75) is 45.9 Å². The number of halogens is 3. The van der Waals surface area contributed by atoms with Crippen LogP contribution in [0.15, 0.2) is 30.5 Å². The number of aryl methyl sites for hydroxylation is 1. The summed E-state index contributed by atoms with van der Waals surface area (Å²) < 4.78 is 45.2. The summed E-state index contributed by atoms with van der Waals surface area (Å²) in [5, 5.41) is 19.6. The topological polar surface area (TPSA) is 72.6 Å². The molecule has 1 unspecified atom stereocenters. The Bertz CT molecular complexity index is 974. The normalized spacial score (nSPS) is 19.1. The Kier molecular flexibility index (Phi) is 6.84. The summed E-state index contributed by atoms with van der Waals surface area (Å²) in [6.45, 7) is 7.15. The van der Waals surface area contributed by atoms with Crippen LogP contribution in [0.3, 0.4) is 0 Å². The number of aliphatic hydroxyl groups excluding tert-OH is 1. The smallest absolute Gasteiger partial charge is 0.416 e. The zero-order valence-corrected chi connectivity index (χ0v) is 17.6. The van der Waals surface area contributed by atoms with Crippen molar-refractivity contribution in [1.29, 1.82) is 5.26 Å². The highest BCUT2D eigenvalue weighted by Gasteiger charge is 2.34. The second-order valence-electron chi connectivity index (χ2n) is 7.77. The lowest BCUT2D eigenvalue weighted by Crippen LogP contribution is -2.56. The maximum atomic E-state index is 13.2. The van der Waals surface area contributed by atoms with Gasteiger partial charge in [-0.2, -0.15) is 18.4 Å². The minimum absolute atomic E-state index is 0.0951. The molecule has 0 saturated carbocycles. The number of alkyl halides is 3. The highest BCUT2D eigenvalue weighted by Crippen LogP contribution is 2.33. The van der Waals surface area contributed by atoms with Crippen LogP contribution in [0.25, 0.3) is 0 Å². The third-order valence-electron chi connectivity index (χ3n) is 5.59. The van der Waals surface area contributed by atoms with Crippen molar-refractivity contribution in [3.63, 3.8) is 0 Å². The zero-order valence-electron chi connectivity index (χ0n) is 17.6. The third kappa shape index (κ3) is 5.34. The van der Waals surface area contributed by atoms with E-state index >= 15 is 0 Å². The molecule has 1 aromatic carbocycles. The second kappa shape index (κ2) is 9.22. The molecule has 1 N–H and O–H groups in total. The Balaban J connectivity index is 1.64. The number of pyridine rings is 1. The molecule has 1 aromatic heterocycles. The van der Waals surface area contributed by atoms with E-state index < -0.39 is 18.2 Å². The number of nitriles is 1. The molecule has 6 nitrogen and oxygen atoms in total. The van der Waals surface area contributed by atoms with E-state index in [2.05, 4.69) is 9.88 Å². The van der Waals surface area contributed by atoms with Gasteiger partial charge in [-0.3, -0.25) is 9.88 Å². The van der Waals surface area contributed by atoms with Gasteiger partial charge >= 0.3 is 6.18 Å². The van der Waals surface area contributed by atoms with Crippen molar-refractivity contribution < 1.29 is 23.0 Å². The van der Waals surface area contributed by atoms with Gasteiger partial charge in [0.15, 0.2) is 0 Å². The van der Waals surface area contributed by atoms with Gasteiger partial charge < -0.3 is 9.84 Å². The molecule has 0 aliphatic carbocycles. The molecule has 3 rings (SSSR count). The van der Waals surface area contributed by atoms with Crippen LogP contribution in [0.4, 0.5) is 13.2 Å². The van der Waals surface area contributed by atoms with Crippen LogP contribution in [0, 0.1) is 25.2 Å². The first-order chi connectivity index (χ1) is 14.6. The Morgan fingerprint density at radius 1 is 1.32 bits per heavy atom. The average molecular weight is 434 g/mol. The molecular formula is C22H25F3N4O2. The van der Waals surface area contributed by atoms with Crippen LogP contribution in [0.2, 0.25) is 0 Å². The van der Waals surface area contributed by atoms with E-state index in [0.29, 0.717) is 48.7 Å². The van der Waals surface area contributed by atoms with E-state index in [1.807, 2.05) is 13.0 Å². The summed E-state index contributed by atoms with van der Waals surface area (Å²) in [5.74, 6) is 0.334. The maximum absolute atomic E-state index is 13.2. The Morgan fingerprint density at radius 2 is 2.06 bits per heavy atom. The number of ether oxygens (including phenoxy) is 1. The van der Waals surface area contributed by atoms with Crippen molar-refractivity contribution in [3.05, 3.63) is 58.4 Å². The van der Waals surface area contributed by atoms with Crippen molar-refractivity contribution in [2.75, 3.05) is 19.6 Å². The minimum Gasteiger partial charge on any atom is -0.449 e. The van der Waals surface area contributed by atoms with E-state index in [9.17, 15) is 18.3 Å². The molecule has 0 spiro atoms. The number of hydrogen-bond acceptors (Lipinski definition) is 6. The maximum Gasteiger partial charge on any atom is 0.416 e. The first-order valence-corrected chi connectivity index (χ1v) is 9.95. The van der Waals surface area contributed by atoms with Crippen molar-refractivity contribution in [3.8, 4) is 11.8 Å². The number of rotatable bonds is 5. The molecule has 166 valence electrons. The standard InChI is InChI=1S/C22H25F3N4O2/c1-14-12-28(13-18-5-4-6-19(15(18)2)22(23,24)25)7-8-29(14)21(30)31-20-9-17(10-26)11-27-16(20)3/h4-6,9,11,14,21,30H,7-8,12-13H2,1-3H3/t14-,21?/m1/s1. The molecule has 9 heteroatoms. The number of aromatic nitrogens is 1. The Hall–Kier alpha value is -2.67. The molecule has 1 aliphatic heterocycles. The van der Waals surface area contributed by atoms with E-state index in [-0.39, 0.29) is 11.6 Å². The lowest BCUT2D eigenvalue weighted by molar-refractivity contribution is -0.164. The lowest BCUT2D eigenvalue weighted by Gasteiger charge is -2.41. The summed E-state index contributed by atoms with van der Waals surface area (Å²) in [7, 11) is 0. The predicted octanol–water partition coefficient (Wildman–Crippen LogP) is 3.45. The molecule has 31 heavy (non-hydrogen) atoms.